The van der Waals surface area contributed by atoms with Crippen molar-refractivity contribution in [3.63, 3.8) is 0 Å². The first-order valence-electron chi connectivity index (χ1n) is 13.0. The van der Waals surface area contributed by atoms with Gasteiger partial charge in [-0.25, -0.2) is 20.0 Å². The molecule has 1 aromatic heterocycles. The van der Waals surface area contributed by atoms with Gasteiger partial charge in [-0.15, -0.1) is 25.9 Å². The number of hydrazine groups is 2. The molecule has 0 aliphatic carbocycles. The van der Waals surface area contributed by atoms with Crippen molar-refractivity contribution in [3.05, 3.63) is 97.2 Å². The van der Waals surface area contributed by atoms with Crippen LogP contribution in [0.3, 0.4) is 0 Å². The van der Waals surface area contributed by atoms with Crippen molar-refractivity contribution < 1.29 is 9.68 Å². The molecule has 19 nitrogen and oxygen atoms in total. The Morgan fingerprint density at radius 3 is 2.45 bits per heavy atom. The van der Waals surface area contributed by atoms with Crippen molar-refractivity contribution in [1.82, 2.24) is 35.8 Å². The maximum absolute atomic E-state index is 4.86. The number of allylic oxidation sites excluding steroid dienone is 4. The quantitative estimate of drug-likeness (QED) is 0.462. The minimum absolute atomic E-state index is 0.251. The molecule has 0 spiro atoms. The van der Waals surface area contributed by atoms with Crippen LogP contribution < -0.4 is 16.5 Å². The lowest BCUT2D eigenvalue weighted by Crippen LogP contribution is -2.39. The Kier molecular flexibility index (Phi) is 9.37. The van der Waals surface area contributed by atoms with Crippen LogP contribution in [0.2, 0.25) is 0 Å². The van der Waals surface area contributed by atoms with Crippen molar-refractivity contribution in [2.24, 2.45) is 50.9 Å². The average molecular weight is 598 g/mol. The molecular weight excluding hydrogens is 570 g/mol. The minimum atomic E-state index is -0.273. The van der Waals surface area contributed by atoms with E-state index in [2.05, 4.69) is 79.5 Å². The van der Waals surface area contributed by atoms with Gasteiger partial charge in [-0.3, -0.25) is 10.0 Å². The molecule has 0 saturated heterocycles. The Hall–Kier alpha value is -6.24. The Labute approximate surface area is 250 Å². The third-order valence-electron chi connectivity index (χ3n) is 5.30. The number of rotatable bonds is 0. The lowest BCUT2D eigenvalue weighted by atomic mass is 10.4. The van der Waals surface area contributed by atoms with Crippen molar-refractivity contribution in [2.45, 2.75) is 26.2 Å². The van der Waals surface area contributed by atoms with E-state index < -0.39 is 0 Å². The zero-order chi connectivity index (χ0) is 30.7. The molecule has 7 aliphatic rings. The number of aliphatic imine (C=N–C) groups is 3. The molecule has 2 unspecified atom stereocenters. The second kappa shape index (κ2) is 14.1. The van der Waals surface area contributed by atoms with Gasteiger partial charge in [0, 0.05) is 43.4 Å². The number of hydrogen-bond acceptors (Lipinski definition) is 19. The van der Waals surface area contributed by atoms with Gasteiger partial charge < -0.3 is 9.68 Å². The molecule has 1 N–H and O–H groups in total. The predicted molar refractivity (Wildman–Crippen MR) is 157 cm³/mol. The molecule has 2 atom stereocenters. The van der Waals surface area contributed by atoms with Crippen molar-refractivity contribution >= 4 is 24.1 Å². The summed E-state index contributed by atoms with van der Waals surface area (Å²) in [5.41, 5.74) is 4.40. The van der Waals surface area contributed by atoms with E-state index in [4.69, 9.17) is 9.68 Å². The van der Waals surface area contributed by atoms with E-state index in [-0.39, 0.29) is 12.4 Å². The Morgan fingerprint density at radius 1 is 0.886 bits per heavy atom. The van der Waals surface area contributed by atoms with Crippen LogP contribution in [-0.2, 0) is 9.68 Å². The summed E-state index contributed by atoms with van der Waals surface area (Å²) in [6.07, 6.45) is 20.7. The molecule has 0 saturated carbocycles. The van der Waals surface area contributed by atoms with Gasteiger partial charge in [0.15, 0.2) is 23.3 Å². The van der Waals surface area contributed by atoms with Crippen LogP contribution >= 0.6 is 0 Å². The normalized spacial score (nSPS) is 22.3. The second-order valence-corrected chi connectivity index (χ2v) is 8.71. The number of nitrogens with zero attached hydrogens (tertiary/aromatic N) is 16. The van der Waals surface area contributed by atoms with Gasteiger partial charge in [-0.05, 0) is 55.2 Å². The first-order chi connectivity index (χ1) is 21.4. The van der Waals surface area contributed by atoms with Crippen LogP contribution in [0.4, 0.5) is 0 Å². The van der Waals surface area contributed by atoms with E-state index in [0.717, 1.165) is 5.70 Å². The number of amidine groups is 2. The Bertz CT molecular complexity index is 1680. The highest BCUT2D eigenvalue weighted by molar-refractivity contribution is 6.22. The Morgan fingerprint density at radius 2 is 1.61 bits per heavy atom. The molecule has 8 heterocycles. The molecule has 44 heavy (non-hydrogen) atoms. The standard InChI is InChI=1S/C7H8N4.C6H7N5.2C6H6N4O/c1-7-6-10-4-2-3-5-11(10)9-8-7;1-6-7-9-11-5-3-2-4-10(11)8-6;2*1-4-9-5-6(10-11-4)8-3-2-7-5/h2-5H,1,6H2;2-5H,1H3;2-4H,1H3;2-3,6,10H,1H2. The van der Waals surface area contributed by atoms with E-state index in [0.29, 0.717) is 35.1 Å². The first-order valence-corrected chi connectivity index (χ1v) is 13.0. The minimum Gasteiger partial charge on any atom is -0.386 e. The molecule has 0 aromatic carbocycles. The maximum Gasteiger partial charge on any atom is 0.236 e. The zero-order valence-electron chi connectivity index (χ0n) is 23.7. The lowest BCUT2D eigenvalue weighted by molar-refractivity contribution is 0.0566. The van der Waals surface area contributed by atoms with Crippen LogP contribution in [0.1, 0.15) is 13.8 Å². The summed E-state index contributed by atoms with van der Waals surface area (Å²) < 4.78 is 0. The van der Waals surface area contributed by atoms with E-state index >= 15 is 0 Å². The molecule has 0 radical (unpaired) electrons. The van der Waals surface area contributed by atoms with Gasteiger partial charge in [-0.1, -0.05) is 11.7 Å². The topological polar surface area (TPSA) is 193 Å². The molecular formula is C25H27N17O2. The van der Waals surface area contributed by atoms with Crippen LogP contribution in [0, 0.1) is 0 Å². The van der Waals surface area contributed by atoms with Crippen LogP contribution in [0.15, 0.2) is 137 Å². The van der Waals surface area contributed by atoms with Crippen LogP contribution in [0.5, 0.6) is 0 Å². The molecule has 0 fully saturated rings. The van der Waals surface area contributed by atoms with Crippen molar-refractivity contribution in [1.29, 1.82) is 0 Å². The number of hydroxylamine groups is 1. The van der Waals surface area contributed by atoms with Gasteiger partial charge in [0.25, 0.3) is 0 Å². The third kappa shape index (κ3) is 7.94. The highest BCUT2D eigenvalue weighted by Crippen LogP contribution is 2.16. The number of nitrogens with one attached hydrogen (secondary N) is 1. The first kappa shape index (κ1) is 29.3. The van der Waals surface area contributed by atoms with Gasteiger partial charge in [0.2, 0.25) is 17.6 Å². The van der Waals surface area contributed by atoms with Gasteiger partial charge in [-0.2, -0.15) is 15.2 Å². The number of hydrazone groups is 1. The summed E-state index contributed by atoms with van der Waals surface area (Å²) in [5.74, 6) is 1.55. The zero-order valence-corrected chi connectivity index (χ0v) is 23.7. The number of hydrogen-bond donors (Lipinski definition) is 1. The summed E-state index contributed by atoms with van der Waals surface area (Å²) in [6, 6.07) is 0. The van der Waals surface area contributed by atoms with Gasteiger partial charge >= 0.3 is 0 Å². The molecule has 7 aliphatic heterocycles. The van der Waals surface area contributed by atoms with Crippen LogP contribution in [-0.4, -0.2) is 73.4 Å². The largest absolute Gasteiger partial charge is 0.386 e. The predicted octanol–water partition coefficient (Wildman–Crippen LogP) is 1.58. The SMILES string of the molecule is C=C1CN2C=CC=CN2N=N1.C=C1N=C2N=CC=NC2NO1.CC1=NN2C=CC=CN2N=N1.CC1N=c2nccnc2=NO1. The summed E-state index contributed by atoms with van der Waals surface area (Å²) in [6.45, 7) is 11.5. The van der Waals surface area contributed by atoms with Crippen molar-refractivity contribution in [2.75, 3.05) is 6.54 Å². The summed E-state index contributed by atoms with van der Waals surface area (Å²) in [5, 5.41) is 29.9. The summed E-state index contributed by atoms with van der Waals surface area (Å²) in [7, 11) is 0. The molecule has 0 bridgehead atoms. The summed E-state index contributed by atoms with van der Waals surface area (Å²) in [4.78, 5) is 33.5. The highest BCUT2D eigenvalue weighted by atomic mass is 16.7. The van der Waals surface area contributed by atoms with Crippen molar-refractivity contribution in [3.8, 4) is 0 Å². The summed E-state index contributed by atoms with van der Waals surface area (Å²) >= 11 is 0. The fraction of sp³-hybridized carbons (Fsp3) is 0.200. The number of aromatic nitrogens is 2. The van der Waals surface area contributed by atoms with Crippen LogP contribution in [0.25, 0.3) is 0 Å². The fourth-order valence-corrected chi connectivity index (χ4v) is 3.40. The van der Waals surface area contributed by atoms with E-state index in [1.807, 2.05) is 47.9 Å². The number of fused-ring (bicyclic) bond motifs is 4. The second-order valence-electron chi connectivity index (χ2n) is 8.71. The fourth-order valence-electron chi connectivity index (χ4n) is 3.40. The highest BCUT2D eigenvalue weighted by Gasteiger charge is 2.21. The Balaban J connectivity index is 0.000000116. The van der Waals surface area contributed by atoms with Gasteiger partial charge in [0.05, 0.1) is 18.4 Å². The van der Waals surface area contributed by atoms with E-state index in [1.165, 1.54) is 0 Å². The monoisotopic (exact) mass is 597 g/mol. The third-order valence-corrected chi connectivity index (χ3v) is 5.30. The molecule has 8 rings (SSSR count). The smallest absolute Gasteiger partial charge is 0.236 e. The molecule has 1 aromatic rings. The molecule has 224 valence electrons. The van der Waals surface area contributed by atoms with E-state index in [9.17, 15) is 0 Å². The maximum atomic E-state index is 4.86. The average Bonchev–Trinajstić information content (AvgIpc) is 3.05. The molecule has 0 amide bonds. The van der Waals surface area contributed by atoms with Gasteiger partial charge in [0.1, 0.15) is 0 Å². The molecule has 19 heteroatoms. The lowest BCUT2D eigenvalue weighted by Gasteiger charge is -2.31. The van der Waals surface area contributed by atoms with E-state index in [1.54, 1.807) is 60.2 Å².